The van der Waals surface area contributed by atoms with Crippen LogP contribution in [-0.4, -0.2) is 44.9 Å². The molecular formula is C22H34N4O5S. The highest BCUT2D eigenvalue weighted by Gasteiger charge is 2.26. The number of aromatic nitrogens is 2. The smallest absolute Gasteiger partial charge is 0.240 e. The summed E-state index contributed by atoms with van der Waals surface area (Å²) in [5, 5.41) is 7.52. The minimum Gasteiger partial charge on any atom is -0.493 e. The topological polar surface area (TPSA) is 112 Å². The summed E-state index contributed by atoms with van der Waals surface area (Å²) < 4.78 is 39.7. The molecule has 1 amide bonds. The van der Waals surface area contributed by atoms with Crippen LogP contribution in [0.2, 0.25) is 0 Å². The van der Waals surface area contributed by atoms with Gasteiger partial charge in [-0.25, -0.2) is 17.8 Å². The number of nitrogens with one attached hydrogen (secondary N) is 2. The van der Waals surface area contributed by atoms with E-state index >= 15 is 0 Å². The number of hydrogen-bond donors (Lipinski definition) is 2. The minimum atomic E-state index is -3.82. The lowest BCUT2D eigenvalue weighted by atomic mass is 9.92. The second-order valence-electron chi connectivity index (χ2n) is 9.46. The van der Waals surface area contributed by atoms with Crippen LogP contribution in [0.4, 0.5) is 5.82 Å². The lowest BCUT2D eigenvalue weighted by Crippen LogP contribution is -2.30. The molecule has 2 N–H and O–H groups in total. The largest absolute Gasteiger partial charge is 0.493 e. The van der Waals surface area contributed by atoms with Crippen molar-refractivity contribution < 1.29 is 22.7 Å². The molecule has 0 unspecified atom stereocenters. The summed E-state index contributed by atoms with van der Waals surface area (Å²) in [6, 6.07) is 6.16. The Morgan fingerprint density at radius 1 is 1.03 bits per heavy atom. The summed E-state index contributed by atoms with van der Waals surface area (Å²) >= 11 is 0. The Morgan fingerprint density at radius 2 is 1.66 bits per heavy atom. The molecule has 0 bridgehead atoms. The third kappa shape index (κ3) is 6.23. The molecule has 1 heterocycles. The van der Waals surface area contributed by atoms with Gasteiger partial charge in [0, 0.05) is 30.5 Å². The molecule has 32 heavy (non-hydrogen) atoms. The second-order valence-corrected chi connectivity index (χ2v) is 11.2. The molecule has 2 aromatic rings. The number of ether oxygens (including phenoxy) is 2. The number of nitrogens with zero attached hydrogens (tertiary/aromatic N) is 2. The fourth-order valence-electron chi connectivity index (χ4n) is 2.92. The molecule has 0 aliphatic heterocycles. The molecule has 0 fully saturated rings. The Balaban J connectivity index is 2.07. The molecule has 0 aliphatic rings. The molecule has 178 valence electrons. The SMILES string of the molecule is COc1ccc(S(=O)(=O)NCCC(=O)Nc2cc(C(C)(C)C)nn2C(C)(C)C)cc1OC. The predicted molar refractivity (Wildman–Crippen MR) is 124 cm³/mol. The first kappa shape index (κ1) is 25.7. The van der Waals surface area contributed by atoms with E-state index in [0.29, 0.717) is 17.3 Å². The predicted octanol–water partition coefficient (Wildman–Crippen LogP) is 3.26. The maximum Gasteiger partial charge on any atom is 0.240 e. The van der Waals surface area contributed by atoms with E-state index in [-0.39, 0.29) is 34.7 Å². The Labute approximate surface area is 190 Å². The Kier molecular flexibility index (Phi) is 7.62. The van der Waals surface area contributed by atoms with Gasteiger partial charge in [0.05, 0.1) is 30.3 Å². The van der Waals surface area contributed by atoms with Gasteiger partial charge in [0.15, 0.2) is 11.5 Å². The number of carbonyl (C=O) groups excluding carboxylic acids is 1. The van der Waals surface area contributed by atoms with Gasteiger partial charge in [0.25, 0.3) is 0 Å². The van der Waals surface area contributed by atoms with E-state index in [1.165, 1.54) is 32.4 Å². The van der Waals surface area contributed by atoms with Gasteiger partial charge in [-0.3, -0.25) is 4.79 Å². The average molecular weight is 467 g/mol. The minimum absolute atomic E-state index is 0.0242. The van der Waals surface area contributed by atoms with E-state index in [4.69, 9.17) is 9.47 Å². The zero-order chi connectivity index (χ0) is 24.3. The average Bonchev–Trinajstić information content (AvgIpc) is 3.11. The molecule has 1 aromatic carbocycles. The molecule has 2 rings (SSSR count). The molecule has 9 nitrogen and oxygen atoms in total. The van der Waals surface area contributed by atoms with Gasteiger partial charge in [-0.2, -0.15) is 5.10 Å². The Morgan fingerprint density at radius 3 is 2.19 bits per heavy atom. The number of hydrogen-bond acceptors (Lipinski definition) is 6. The molecule has 0 aliphatic carbocycles. The van der Waals surface area contributed by atoms with E-state index in [9.17, 15) is 13.2 Å². The zero-order valence-electron chi connectivity index (χ0n) is 20.1. The van der Waals surface area contributed by atoms with Crippen LogP contribution >= 0.6 is 0 Å². The lowest BCUT2D eigenvalue weighted by molar-refractivity contribution is -0.116. The number of benzene rings is 1. The maximum absolute atomic E-state index is 12.6. The highest BCUT2D eigenvalue weighted by Crippen LogP contribution is 2.30. The Hall–Kier alpha value is -2.59. The van der Waals surface area contributed by atoms with Crippen LogP contribution in [0, 0.1) is 0 Å². The summed E-state index contributed by atoms with van der Waals surface area (Å²) in [6.07, 6.45) is -0.0350. The molecular weight excluding hydrogens is 432 g/mol. The van der Waals surface area contributed by atoms with Gasteiger partial charge in [0.1, 0.15) is 5.82 Å². The van der Waals surface area contributed by atoms with Crippen molar-refractivity contribution in [2.45, 2.75) is 63.8 Å². The zero-order valence-corrected chi connectivity index (χ0v) is 20.9. The third-order valence-corrected chi connectivity index (χ3v) is 6.15. The first-order valence-electron chi connectivity index (χ1n) is 10.3. The number of anilines is 1. The van der Waals surface area contributed by atoms with Crippen molar-refractivity contribution in [2.75, 3.05) is 26.1 Å². The lowest BCUT2D eigenvalue weighted by Gasteiger charge is -2.23. The molecule has 1 aromatic heterocycles. The van der Waals surface area contributed by atoms with Crippen LogP contribution in [-0.2, 0) is 25.8 Å². The fraction of sp³-hybridized carbons (Fsp3) is 0.545. The number of methoxy groups -OCH3 is 2. The van der Waals surface area contributed by atoms with E-state index in [1.54, 1.807) is 4.68 Å². The molecule has 0 saturated carbocycles. The van der Waals surface area contributed by atoms with E-state index in [0.717, 1.165) is 5.69 Å². The summed E-state index contributed by atoms with van der Waals surface area (Å²) in [4.78, 5) is 12.6. The number of sulfonamides is 1. The first-order chi connectivity index (χ1) is 14.7. The summed E-state index contributed by atoms with van der Waals surface area (Å²) in [5.41, 5.74) is 0.350. The summed E-state index contributed by atoms with van der Waals surface area (Å²) in [6.45, 7) is 12.1. The summed E-state index contributed by atoms with van der Waals surface area (Å²) in [7, 11) is -0.915. The van der Waals surface area contributed by atoms with Crippen LogP contribution in [0.5, 0.6) is 11.5 Å². The van der Waals surface area contributed by atoms with Gasteiger partial charge in [-0.1, -0.05) is 20.8 Å². The first-order valence-corrected chi connectivity index (χ1v) is 11.8. The van der Waals surface area contributed by atoms with Crippen molar-refractivity contribution in [1.29, 1.82) is 0 Å². The second kappa shape index (κ2) is 9.50. The monoisotopic (exact) mass is 466 g/mol. The third-order valence-electron chi connectivity index (χ3n) is 4.69. The number of amides is 1. The van der Waals surface area contributed by atoms with Gasteiger partial charge < -0.3 is 14.8 Å². The molecule has 10 heteroatoms. The van der Waals surface area contributed by atoms with Gasteiger partial charge in [-0.05, 0) is 32.9 Å². The standard InChI is InChI=1S/C22H34N4O5S/c1-21(2,3)18-14-19(26(25-18)22(4,5)6)24-20(27)11-12-23-32(28,29)15-9-10-16(30-7)17(13-15)31-8/h9-10,13-14,23H,11-12H2,1-8H3,(H,24,27). The van der Waals surface area contributed by atoms with Crippen LogP contribution in [0.15, 0.2) is 29.2 Å². The highest BCUT2D eigenvalue weighted by molar-refractivity contribution is 7.89. The Bertz CT molecular complexity index is 1060. The highest BCUT2D eigenvalue weighted by atomic mass is 32.2. The number of carbonyl (C=O) groups is 1. The van der Waals surface area contributed by atoms with E-state index in [1.807, 2.05) is 26.8 Å². The fourth-order valence-corrected chi connectivity index (χ4v) is 3.97. The molecule has 0 saturated heterocycles. The molecule has 0 spiro atoms. The molecule has 0 radical (unpaired) electrons. The van der Waals surface area contributed by atoms with Gasteiger partial charge >= 0.3 is 0 Å². The van der Waals surface area contributed by atoms with Crippen molar-refractivity contribution in [3.05, 3.63) is 30.0 Å². The van der Waals surface area contributed by atoms with Crippen molar-refractivity contribution >= 4 is 21.7 Å². The quantitative estimate of drug-likeness (QED) is 0.618. The maximum atomic E-state index is 12.6. The van der Waals surface area contributed by atoms with Crippen molar-refractivity contribution in [3.8, 4) is 11.5 Å². The normalized spacial score (nSPS) is 12.5. The van der Waals surface area contributed by atoms with Crippen LogP contribution in [0.1, 0.15) is 53.7 Å². The van der Waals surface area contributed by atoms with Crippen molar-refractivity contribution in [1.82, 2.24) is 14.5 Å². The van der Waals surface area contributed by atoms with E-state index < -0.39 is 10.0 Å². The van der Waals surface area contributed by atoms with E-state index in [2.05, 4.69) is 35.9 Å². The molecule has 0 atom stereocenters. The van der Waals surface area contributed by atoms with Gasteiger partial charge in [0.2, 0.25) is 15.9 Å². The van der Waals surface area contributed by atoms with Crippen LogP contribution in [0.3, 0.4) is 0 Å². The summed E-state index contributed by atoms with van der Waals surface area (Å²) in [5.74, 6) is 0.996. The van der Waals surface area contributed by atoms with Crippen LogP contribution in [0.25, 0.3) is 0 Å². The van der Waals surface area contributed by atoms with Crippen molar-refractivity contribution in [2.24, 2.45) is 0 Å². The number of rotatable bonds is 8. The van der Waals surface area contributed by atoms with Crippen molar-refractivity contribution in [3.63, 3.8) is 0 Å². The van der Waals surface area contributed by atoms with Crippen LogP contribution < -0.4 is 19.5 Å². The van der Waals surface area contributed by atoms with Gasteiger partial charge in [-0.15, -0.1) is 0 Å².